The molecular formula is C17H27FN2S. The predicted octanol–water partition coefficient (Wildman–Crippen LogP) is 4.22. The maximum Gasteiger partial charge on any atom is 0.146 e. The Morgan fingerprint density at radius 3 is 2.86 bits per heavy atom. The van der Waals surface area contributed by atoms with Gasteiger partial charge in [0.25, 0.3) is 0 Å². The summed E-state index contributed by atoms with van der Waals surface area (Å²) in [5.41, 5.74) is 1.87. The molecule has 0 spiro atoms. The number of nitrogens with zero attached hydrogens (tertiary/aromatic N) is 1. The summed E-state index contributed by atoms with van der Waals surface area (Å²) in [5, 5.41) is 3.48. The maximum absolute atomic E-state index is 14.5. The SMILES string of the molecule is CCCNC(C)c1cccc(F)c1N1CCSC(C)(C)C1. The number of benzene rings is 1. The van der Waals surface area contributed by atoms with Crippen molar-refractivity contribution in [1.82, 2.24) is 5.32 Å². The Morgan fingerprint density at radius 2 is 2.19 bits per heavy atom. The van der Waals surface area contributed by atoms with Crippen LogP contribution in [0.25, 0.3) is 0 Å². The van der Waals surface area contributed by atoms with Crippen molar-refractivity contribution >= 4 is 17.4 Å². The quantitative estimate of drug-likeness (QED) is 0.876. The Bertz CT molecular complexity index is 476. The molecule has 1 unspecified atom stereocenters. The number of hydrogen-bond donors (Lipinski definition) is 1. The van der Waals surface area contributed by atoms with Gasteiger partial charge in [0.2, 0.25) is 0 Å². The van der Waals surface area contributed by atoms with Gasteiger partial charge in [-0.05, 0) is 45.4 Å². The Labute approximate surface area is 132 Å². The molecule has 0 aromatic heterocycles. The molecule has 0 aliphatic carbocycles. The lowest BCUT2D eigenvalue weighted by Crippen LogP contribution is -2.44. The minimum Gasteiger partial charge on any atom is -0.367 e. The second-order valence-corrected chi connectivity index (χ2v) is 8.19. The van der Waals surface area contributed by atoms with E-state index in [0.29, 0.717) is 0 Å². The van der Waals surface area contributed by atoms with Gasteiger partial charge in [-0.15, -0.1) is 0 Å². The Morgan fingerprint density at radius 1 is 1.43 bits per heavy atom. The van der Waals surface area contributed by atoms with Gasteiger partial charge in [-0.25, -0.2) is 4.39 Å². The maximum atomic E-state index is 14.5. The molecule has 21 heavy (non-hydrogen) atoms. The normalized spacial score (nSPS) is 19.6. The molecule has 1 fully saturated rings. The van der Waals surface area contributed by atoms with E-state index in [-0.39, 0.29) is 16.6 Å². The summed E-state index contributed by atoms with van der Waals surface area (Å²) in [6, 6.07) is 5.64. The fourth-order valence-corrected chi connectivity index (χ4v) is 4.00. The van der Waals surface area contributed by atoms with E-state index in [4.69, 9.17) is 0 Å². The standard InChI is InChI=1S/C17H27FN2S/c1-5-9-19-13(2)14-7-6-8-15(18)16(14)20-10-11-21-17(3,4)12-20/h6-8,13,19H,5,9-12H2,1-4H3. The largest absolute Gasteiger partial charge is 0.367 e. The molecule has 1 aromatic carbocycles. The highest BCUT2D eigenvalue weighted by atomic mass is 32.2. The zero-order valence-corrected chi connectivity index (χ0v) is 14.4. The second-order valence-electron chi connectivity index (χ2n) is 6.38. The summed E-state index contributed by atoms with van der Waals surface area (Å²) in [6.07, 6.45) is 1.09. The van der Waals surface area contributed by atoms with Crippen molar-refractivity contribution in [3.05, 3.63) is 29.6 Å². The molecule has 1 aromatic rings. The molecule has 1 aliphatic heterocycles. The van der Waals surface area contributed by atoms with Crippen molar-refractivity contribution in [2.75, 3.05) is 30.3 Å². The summed E-state index contributed by atoms with van der Waals surface area (Å²) in [5.74, 6) is 0.956. The van der Waals surface area contributed by atoms with Crippen molar-refractivity contribution in [1.29, 1.82) is 0 Å². The molecule has 0 bridgehead atoms. The third-order valence-corrected chi connectivity index (χ3v) is 5.22. The molecule has 118 valence electrons. The van der Waals surface area contributed by atoms with Crippen molar-refractivity contribution in [2.45, 2.75) is 44.9 Å². The van der Waals surface area contributed by atoms with Crippen molar-refractivity contribution < 1.29 is 4.39 Å². The topological polar surface area (TPSA) is 15.3 Å². The zero-order valence-electron chi connectivity index (χ0n) is 13.6. The van der Waals surface area contributed by atoms with Gasteiger partial charge in [-0.2, -0.15) is 11.8 Å². The number of nitrogens with one attached hydrogen (secondary N) is 1. The van der Waals surface area contributed by atoms with E-state index in [2.05, 4.69) is 44.0 Å². The Balaban J connectivity index is 2.29. The van der Waals surface area contributed by atoms with Crippen molar-refractivity contribution in [2.24, 2.45) is 0 Å². The van der Waals surface area contributed by atoms with Crippen LogP contribution in [0.15, 0.2) is 18.2 Å². The van der Waals surface area contributed by atoms with E-state index >= 15 is 0 Å². The highest BCUT2D eigenvalue weighted by Crippen LogP contribution is 2.36. The number of hydrogen-bond acceptors (Lipinski definition) is 3. The number of para-hydroxylation sites is 1. The smallest absolute Gasteiger partial charge is 0.146 e. The van der Waals surface area contributed by atoms with Gasteiger partial charge in [0.15, 0.2) is 0 Å². The van der Waals surface area contributed by atoms with E-state index in [1.54, 1.807) is 6.07 Å². The van der Waals surface area contributed by atoms with E-state index in [9.17, 15) is 4.39 Å². The molecule has 2 rings (SSSR count). The van der Waals surface area contributed by atoms with Crippen LogP contribution < -0.4 is 10.2 Å². The van der Waals surface area contributed by atoms with E-state index in [0.717, 1.165) is 43.1 Å². The summed E-state index contributed by atoms with van der Waals surface area (Å²) in [7, 11) is 0. The van der Waals surface area contributed by atoms with E-state index in [1.807, 2.05) is 17.8 Å². The number of anilines is 1. The molecule has 2 nitrogen and oxygen atoms in total. The molecule has 1 N–H and O–H groups in total. The average molecular weight is 310 g/mol. The van der Waals surface area contributed by atoms with Crippen LogP contribution in [0.1, 0.15) is 45.7 Å². The van der Waals surface area contributed by atoms with Gasteiger partial charge in [-0.3, -0.25) is 0 Å². The molecule has 1 atom stereocenters. The lowest BCUT2D eigenvalue weighted by molar-refractivity contribution is 0.552. The highest BCUT2D eigenvalue weighted by molar-refractivity contribution is 8.00. The monoisotopic (exact) mass is 310 g/mol. The van der Waals surface area contributed by atoms with Crippen molar-refractivity contribution in [3.8, 4) is 0 Å². The molecule has 1 heterocycles. The lowest BCUT2D eigenvalue weighted by atomic mass is 10.0. The third-order valence-electron chi connectivity index (χ3n) is 3.93. The van der Waals surface area contributed by atoms with Gasteiger partial charge >= 0.3 is 0 Å². The minimum atomic E-state index is -0.0969. The number of thioether (sulfide) groups is 1. The van der Waals surface area contributed by atoms with Crippen LogP contribution in [0.4, 0.5) is 10.1 Å². The molecule has 4 heteroatoms. The predicted molar refractivity (Wildman–Crippen MR) is 91.9 cm³/mol. The van der Waals surface area contributed by atoms with Gasteiger partial charge in [0, 0.05) is 29.6 Å². The van der Waals surface area contributed by atoms with E-state index < -0.39 is 0 Å². The van der Waals surface area contributed by atoms with Crippen molar-refractivity contribution in [3.63, 3.8) is 0 Å². The van der Waals surface area contributed by atoms with Crippen LogP contribution in [0.2, 0.25) is 0 Å². The van der Waals surface area contributed by atoms with Crippen LogP contribution >= 0.6 is 11.8 Å². The Hall–Kier alpha value is -0.740. The van der Waals surface area contributed by atoms with Crippen LogP contribution in [0.3, 0.4) is 0 Å². The lowest BCUT2D eigenvalue weighted by Gasteiger charge is -2.40. The number of rotatable bonds is 5. The Kier molecular flexibility index (Phi) is 5.55. The zero-order chi connectivity index (χ0) is 15.5. The molecular weight excluding hydrogens is 283 g/mol. The average Bonchev–Trinajstić information content (AvgIpc) is 2.43. The van der Waals surface area contributed by atoms with Crippen LogP contribution in [-0.4, -0.2) is 30.1 Å². The first-order chi connectivity index (χ1) is 9.94. The van der Waals surface area contributed by atoms with Crippen LogP contribution in [-0.2, 0) is 0 Å². The first-order valence-electron chi connectivity index (χ1n) is 7.85. The van der Waals surface area contributed by atoms with Crippen LogP contribution in [0.5, 0.6) is 0 Å². The second kappa shape index (κ2) is 7.01. The molecule has 0 radical (unpaired) electrons. The minimum absolute atomic E-state index is 0.0969. The van der Waals surface area contributed by atoms with Gasteiger partial charge in [0.05, 0.1) is 5.69 Å². The number of halogens is 1. The van der Waals surface area contributed by atoms with Gasteiger partial charge < -0.3 is 10.2 Å². The van der Waals surface area contributed by atoms with E-state index in [1.165, 1.54) is 0 Å². The summed E-state index contributed by atoms with van der Waals surface area (Å²) in [4.78, 5) is 2.23. The molecule has 1 saturated heterocycles. The fraction of sp³-hybridized carbons (Fsp3) is 0.647. The highest BCUT2D eigenvalue weighted by Gasteiger charge is 2.30. The summed E-state index contributed by atoms with van der Waals surface area (Å²) in [6.45, 7) is 11.5. The first kappa shape index (κ1) is 16.6. The fourth-order valence-electron chi connectivity index (χ4n) is 2.89. The summed E-state index contributed by atoms with van der Waals surface area (Å²) >= 11 is 1.97. The van der Waals surface area contributed by atoms with Gasteiger partial charge in [0.1, 0.15) is 5.82 Å². The third kappa shape index (κ3) is 4.13. The molecule has 0 amide bonds. The van der Waals surface area contributed by atoms with Gasteiger partial charge in [-0.1, -0.05) is 19.1 Å². The first-order valence-corrected chi connectivity index (χ1v) is 8.84. The summed E-state index contributed by atoms with van der Waals surface area (Å²) < 4.78 is 14.7. The molecule has 0 saturated carbocycles. The van der Waals surface area contributed by atoms with Crippen LogP contribution in [0, 0.1) is 5.82 Å². The molecule has 1 aliphatic rings.